The Morgan fingerprint density at radius 3 is 2.68 bits per heavy atom. The number of amides is 1. The molecule has 5 nitrogen and oxygen atoms in total. The van der Waals surface area contributed by atoms with E-state index in [2.05, 4.69) is 0 Å². The number of aliphatic hydroxyl groups is 1. The van der Waals surface area contributed by atoms with Gasteiger partial charge < -0.3 is 10.0 Å². The van der Waals surface area contributed by atoms with Crippen LogP contribution in [0, 0.1) is 0 Å². The minimum Gasteiger partial charge on any atom is -0.391 e. The Balaban J connectivity index is 2.34. The molecule has 0 bridgehead atoms. The number of halogens is 1. The molecule has 104 valence electrons. The molecule has 1 aromatic rings. The number of carbonyl (C=O) groups is 1. The molecular formula is C12H14ClNO4S. The quantitative estimate of drug-likeness (QED) is 0.883. The first kappa shape index (κ1) is 14.3. The van der Waals surface area contributed by atoms with E-state index in [-0.39, 0.29) is 27.9 Å². The molecule has 1 unspecified atom stereocenters. The fraction of sp³-hybridized carbons (Fsp3) is 0.417. The fourth-order valence-electron chi connectivity index (χ4n) is 2.03. The molecule has 1 fully saturated rings. The van der Waals surface area contributed by atoms with E-state index < -0.39 is 15.9 Å². The normalized spacial score (nSPS) is 19.7. The van der Waals surface area contributed by atoms with Crippen molar-refractivity contribution in [1.82, 2.24) is 4.90 Å². The molecule has 0 aromatic heterocycles. The molecule has 1 aliphatic rings. The van der Waals surface area contributed by atoms with E-state index in [1.165, 1.54) is 23.1 Å². The first-order chi connectivity index (χ1) is 8.79. The predicted molar refractivity (Wildman–Crippen MR) is 71.1 cm³/mol. The third-order valence-electron chi connectivity index (χ3n) is 3.03. The zero-order valence-electron chi connectivity index (χ0n) is 10.3. The summed E-state index contributed by atoms with van der Waals surface area (Å²) in [6.07, 6.45) is 1.07. The van der Waals surface area contributed by atoms with Crippen LogP contribution in [0.3, 0.4) is 0 Å². The maximum absolute atomic E-state index is 12.2. The largest absolute Gasteiger partial charge is 0.391 e. The number of β-amino-alcohol motifs (C(OH)–C–C–N with tert-alkyl or cyclic N) is 1. The van der Waals surface area contributed by atoms with E-state index in [4.69, 9.17) is 11.6 Å². The number of nitrogens with zero attached hydrogens (tertiary/aromatic N) is 1. The SMILES string of the molecule is CS(=O)(=O)c1cc(C(=O)N2CCC(O)C2)ccc1Cl. The van der Waals surface area contributed by atoms with Gasteiger partial charge in [-0.15, -0.1) is 0 Å². The highest BCUT2D eigenvalue weighted by Crippen LogP contribution is 2.24. The molecule has 1 amide bonds. The maximum Gasteiger partial charge on any atom is 0.253 e. The average molecular weight is 304 g/mol. The second kappa shape index (κ2) is 5.11. The fourth-order valence-corrected chi connectivity index (χ4v) is 3.33. The van der Waals surface area contributed by atoms with Crippen LogP contribution in [0.2, 0.25) is 5.02 Å². The molecule has 1 atom stereocenters. The van der Waals surface area contributed by atoms with Gasteiger partial charge in [0.05, 0.1) is 16.0 Å². The molecule has 0 spiro atoms. The Morgan fingerprint density at radius 2 is 2.16 bits per heavy atom. The third kappa shape index (κ3) is 3.08. The van der Waals surface area contributed by atoms with Crippen LogP contribution in [0.1, 0.15) is 16.8 Å². The van der Waals surface area contributed by atoms with Crippen LogP contribution in [0.15, 0.2) is 23.1 Å². The van der Waals surface area contributed by atoms with Gasteiger partial charge in [-0.25, -0.2) is 8.42 Å². The van der Waals surface area contributed by atoms with Crippen molar-refractivity contribution in [2.24, 2.45) is 0 Å². The van der Waals surface area contributed by atoms with E-state index in [1.807, 2.05) is 0 Å². The smallest absolute Gasteiger partial charge is 0.253 e. The standard InChI is InChI=1S/C12H14ClNO4S/c1-19(17,18)11-6-8(2-3-10(11)13)12(16)14-5-4-9(15)7-14/h2-3,6,9,15H,4-5,7H2,1H3. The van der Waals surface area contributed by atoms with E-state index >= 15 is 0 Å². The van der Waals surface area contributed by atoms with Crippen molar-refractivity contribution >= 4 is 27.3 Å². The minimum atomic E-state index is -3.48. The lowest BCUT2D eigenvalue weighted by Crippen LogP contribution is -2.29. The second-order valence-electron chi connectivity index (χ2n) is 4.61. The van der Waals surface area contributed by atoms with Gasteiger partial charge in [0.1, 0.15) is 0 Å². The monoisotopic (exact) mass is 303 g/mol. The first-order valence-electron chi connectivity index (χ1n) is 5.76. The van der Waals surface area contributed by atoms with Crippen LogP contribution in [0.25, 0.3) is 0 Å². The van der Waals surface area contributed by atoms with Gasteiger partial charge in [0, 0.05) is 24.9 Å². The Kier molecular flexibility index (Phi) is 3.85. The molecule has 1 saturated heterocycles. The highest BCUT2D eigenvalue weighted by molar-refractivity contribution is 7.90. The number of rotatable bonds is 2. The van der Waals surface area contributed by atoms with Crippen molar-refractivity contribution < 1.29 is 18.3 Å². The van der Waals surface area contributed by atoms with Crippen LogP contribution in [0.5, 0.6) is 0 Å². The topological polar surface area (TPSA) is 74.7 Å². The number of hydrogen-bond acceptors (Lipinski definition) is 4. The van der Waals surface area contributed by atoms with E-state index in [9.17, 15) is 18.3 Å². The van der Waals surface area contributed by atoms with Crippen molar-refractivity contribution in [3.63, 3.8) is 0 Å². The number of aliphatic hydroxyl groups excluding tert-OH is 1. The van der Waals surface area contributed by atoms with Crippen molar-refractivity contribution in [3.8, 4) is 0 Å². The summed E-state index contributed by atoms with van der Waals surface area (Å²) in [6.45, 7) is 0.743. The highest BCUT2D eigenvalue weighted by atomic mass is 35.5. The van der Waals surface area contributed by atoms with Gasteiger partial charge in [-0.05, 0) is 24.6 Å². The van der Waals surface area contributed by atoms with Crippen LogP contribution >= 0.6 is 11.6 Å². The second-order valence-corrected chi connectivity index (χ2v) is 7.00. The molecule has 1 heterocycles. The average Bonchev–Trinajstić information content (AvgIpc) is 2.74. The Labute approximate surface area is 116 Å². The summed E-state index contributed by atoms with van der Waals surface area (Å²) in [4.78, 5) is 13.6. The lowest BCUT2D eigenvalue weighted by molar-refractivity contribution is 0.0764. The Morgan fingerprint density at radius 1 is 1.47 bits per heavy atom. The number of hydrogen-bond donors (Lipinski definition) is 1. The molecule has 19 heavy (non-hydrogen) atoms. The van der Waals surface area contributed by atoms with Gasteiger partial charge in [-0.2, -0.15) is 0 Å². The molecule has 1 aromatic carbocycles. The van der Waals surface area contributed by atoms with Crippen molar-refractivity contribution in [2.75, 3.05) is 19.3 Å². The highest BCUT2D eigenvalue weighted by Gasteiger charge is 2.26. The maximum atomic E-state index is 12.2. The van der Waals surface area contributed by atoms with Crippen molar-refractivity contribution in [1.29, 1.82) is 0 Å². The third-order valence-corrected chi connectivity index (χ3v) is 4.61. The van der Waals surface area contributed by atoms with Gasteiger partial charge in [0.2, 0.25) is 0 Å². The number of benzene rings is 1. The van der Waals surface area contributed by atoms with Gasteiger partial charge >= 0.3 is 0 Å². The van der Waals surface area contributed by atoms with Crippen LogP contribution in [0.4, 0.5) is 0 Å². The van der Waals surface area contributed by atoms with E-state index in [1.54, 1.807) is 0 Å². The van der Waals surface area contributed by atoms with E-state index in [0.717, 1.165) is 6.26 Å². The van der Waals surface area contributed by atoms with Gasteiger partial charge in [0.25, 0.3) is 5.91 Å². The Hall–Kier alpha value is -1.11. The number of likely N-dealkylation sites (tertiary alicyclic amines) is 1. The van der Waals surface area contributed by atoms with Crippen molar-refractivity contribution in [2.45, 2.75) is 17.4 Å². The van der Waals surface area contributed by atoms with Crippen LogP contribution in [-0.2, 0) is 9.84 Å². The summed E-state index contributed by atoms with van der Waals surface area (Å²) in [5, 5.41) is 9.51. The number of sulfone groups is 1. The number of carbonyl (C=O) groups excluding carboxylic acids is 1. The molecule has 1 aliphatic heterocycles. The first-order valence-corrected chi connectivity index (χ1v) is 8.03. The van der Waals surface area contributed by atoms with E-state index in [0.29, 0.717) is 13.0 Å². The molecule has 0 aliphatic carbocycles. The zero-order valence-corrected chi connectivity index (χ0v) is 11.9. The van der Waals surface area contributed by atoms with Crippen LogP contribution in [-0.4, -0.2) is 49.8 Å². The molecular weight excluding hydrogens is 290 g/mol. The summed E-state index contributed by atoms with van der Waals surface area (Å²) in [5.74, 6) is -0.293. The van der Waals surface area contributed by atoms with Crippen LogP contribution < -0.4 is 0 Å². The van der Waals surface area contributed by atoms with Crippen molar-refractivity contribution in [3.05, 3.63) is 28.8 Å². The molecule has 0 saturated carbocycles. The lowest BCUT2D eigenvalue weighted by atomic mass is 10.2. The van der Waals surface area contributed by atoms with Gasteiger partial charge in [-0.3, -0.25) is 4.79 Å². The zero-order chi connectivity index (χ0) is 14.2. The molecule has 2 rings (SSSR count). The molecule has 0 radical (unpaired) electrons. The Bertz CT molecular complexity index is 614. The molecule has 1 N–H and O–H groups in total. The summed E-state index contributed by atoms with van der Waals surface area (Å²) < 4.78 is 23.1. The molecule has 7 heteroatoms. The predicted octanol–water partition coefficient (Wildman–Crippen LogP) is 0.950. The summed E-state index contributed by atoms with van der Waals surface area (Å²) in [6, 6.07) is 4.17. The minimum absolute atomic E-state index is 0.0558. The lowest BCUT2D eigenvalue weighted by Gasteiger charge is -2.16. The summed E-state index contributed by atoms with van der Waals surface area (Å²) in [5.41, 5.74) is 0.263. The van der Waals surface area contributed by atoms with Gasteiger partial charge in [0.15, 0.2) is 9.84 Å². The van der Waals surface area contributed by atoms with Gasteiger partial charge in [-0.1, -0.05) is 11.6 Å². The summed E-state index contributed by atoms with van der Waals surface area (Å²) in [7, 11) is -3.48. The summed E-state index contributed by atoms with van der Waals surface area (Å²) >= 11 is 5.82.